The maximum atomic E-state index is 13.6. The van der Waals surface area contributed by atoms with E-state index in [1.165, 1.54) is 4.90 Å². The highest BCUT2D eigenvalue weighted by Gasteiger charge is 2.59. The predicted octanol–water partition coefficient (Wildman–Crippen LogP) is 1.95. The van der Waals surface area contributed by atoms with E-state index >= 15 is 0 Å². The maximum Gasteiger partial charge on any atom is 0.428 e. The number of likely N-dealkylation sites (tertiary alicyclic amines) is 1. The minimum atomic E-state index is -1.20. The summed E-state index contributed by atoms with van der Waals surface area (Å²) in [6, 6.07) is 14.5. The predicted molar refractivity (Wildman–Crippen MR) is 135 cm³/mol. The van der Waals surface area contributed by atoms with Crippen LogP contribution in [0.1, 0.15) is 30.4 Å². The Morgan fingerprint density at radius 3 is 2.59 bits per heavy atom. The molecule has 2 heterocycles. The summed E-state index contributed by atoms with van der Waals surface area (Å²) in [4.78, 5) is 40.4. The quantitative estimate of drug-likeness (QED) is 0.389. The number of carbonyl (C=O) groups excluding carboxylic acids is 3. The van der Waals surface area contributed by atoms with Crippen LogP contribution < -0.4 is 14.9 Å². The summed E-state index contributed by atoms with van der Waals surface area (Å²) in [5.41, 5.74) is 4.40. The molecule has 2 aliphatic carbocycles. The molecule has 0 spiro atoms. The fraction of sp³-hybridized carbons (Fsp3) is 0.429. The van der Waals surface area contributed by atoms with Crippen LogP contribution in [-0.2, 0) is 27.5 Å². The summed E-state index contributed by atoms with van der Waals surface area (Å²) in [5.74, 6) is -1.94. The van der Waals surface area contributed by atoms with Gasteiger partial charge in [-0.05, 0) is 36.1 Å². The number of carbonyl (C=O) groups is 3. The second kappa shape index (κ2) is 10.3. The molecule has 3 amide bonds. The highest BCUT2D eigenvalue weighted by molar-refractivity contribution is 6.06. The molecule has 2 aromatic rings. The van der Waals surface area contributed by atoms with Crippen molar-refractivity contribution >= 4 is 23.6 Å². The summed E-state index contributed by atoms with van der Waals surface area (Å²) >= 11 is 0. The summed E-state index contributed by atoms with van der Waals surface area (Å²) < 4.78 is 16.0. The Balaban J connectivity index is 1.17. The number of aliphatic hydroxyl groups excluding tert-OH is 2. The molecule has 0 aromatic heterocycles. The van der Waals surface area contributed by atoms with Gasteiger partial charge in [0.1, 0.15) is 6.61 Å². The molecule has 6 atom stereocenters. The van der Waals surface area contributed by atoms with E-state index < -0.39 is 36.1 Å². The fourth-order valence-electron chi connectivity index (χ4n) is 6.31. The first kappa shape index (κ1) is 25.3. The fourth-order valence-corrected chi connectivity index (χ4v) is 6.31. The van der Waals surface area contributed by atoms with Crippen molar-refractivity contribution in [2.75, 3.05) is 6.79 Å². The molecule has 6 rings (SSSR count). The number of fused-ring (bicyclic) bond motifs is 4. The van der Waals surface area contributed by atoms with E-state index in [1.54, 1.807) is 18.2 Å². The van der Waals surface area contributed by atoms with Crippen molar-refractivity contribution in [2.24, 2.45) is 28.8 Å². The van der Waals surface area contributed by atoms with Crippen LogP contribution >= 0.6 is 0 Å². The smallest absolute Gasteiger partial charge is 0.428 e. The topological polar surface area (TPSA) is 147 Å². The number of nitrogens with zero attached hydrogens (tertiary/aromatic N) is 2. The summed E-state index contributed by atoms with van der Waals surface area (Å²) in [7, 11) is 0. The monoisotopic (exact) mass is 535 g/mol. The number of aliphatic hydroxyl groups is 2. The van der Waals surface area contributed by atoms with Crippen LogP contribution in [0.5, 0.6) is 11.5 Å². The van der Waals surface area contributed by atoms with Gasteiger partial charge in [0.2, 0.25) is 18.6 Å². The average Bonchev–Trinajstić information content (AvgIpc) is 3.51. The first-order valence-corrected chi connectivity index (χ1v) is 13.0. The standard InChI is InChI=1S/C28H29N3O8/c32-20-11-19(29-30-28(36)37-13-15-4-2-1-3-5-15)17-7-8-18-24(23(17)25(20)33)27(35)31(26(18)34)12-16-6-9-21-22(10-16)39-14-38-21/h1-6,9-10,17-18,20,23-25,32-33H,7-8,11-14H2,(H,30,36)/t17-,18-,20-,23+,24-,25-/m1/s1. The molecular formula is C28H29N3O8. The van der Waals surface area contributed by atoms with Gasteiger partial charge in [-0.3, -0.25) is 14.5 Å². The molecule has 11 nitrogen and oxygen atoms in total. The Bertz CT molecular complexity index is 1320. The molecule has 4 aliphatic rings. The largest absolute Gasteiger partial charge is 0.454 e. The van der Waals surface area contributed by atoms with Crippen LogP contribution in [0.4, 0.5) is 4.79 Å². The third-order valence-corrected chi connectivity index (χ3v) is 8.15. The van der Waals surface area contributed by atoms with Gasteiger partial charge in [-0.15, -0.1) is 0 Å². The van der Waals surface area contributed by atoms with Gasteiger partial charge in [0.15, 0.2) is 11.5 Å². The molecule has 39 heavy (non-hydrogen) atoms. The zero-order valence-corrected chi connectivity index (χ0v) is 21.1. The molecule has 3 N–H and O–H groups in total. The zero-order chi connectivity index (χ0) is 27.1. The van der Waals surface area contributed by atoms with Gasteiger partial charge in [0.05, 0.1) is 30.6 Å². The highest BCUT2D eigenvalue weighted by atomic mass is 16.7. The molecular weight excluding hydrogens is 506 g/mol. The van der Waals surface area contributed by atoms with Crippen molar-refractivity contribution in [3.05, 3.63) is 59.7 Å². The number of nitrogens with one attached hydrogen (secondary N) is 1. The van der Waals surface area contributed by atoms with E-state index in [4.69, 9.17) is 14.2 Å². The van der Waals surface area contributed by atoms with E-state index in [9.17, 15) is 24.6 Å². The van der Waals surface area contributed by atoms with Gasteiger partial charge in [0.25, 0.3) is 0 Å². The number of hydrazone groups is 1. The third-order valence-electron chi connectivity index (χ3n) is 8.15. The Morgan fingerprint density at radius 2 is 1.77 bits per heavy atom. The number of ether oxygens (including phenoxy) is 3. The van der Waals surface area contributed by atoms with Gasteiger partial charge in [-0.2, -0.15) is 5.10 Å². The molecule has 1 saturated heterocycles. The van der Waals surface area contributed by atoms with Crippen molar-refractivity contribution < 1.29 is 38.8 Å². The van der Waals surface area contributed by atoms with E-state index in [2.05, 4.69) is 10.5 Å². The lowest BCUT2D eigenvalue weighted by Gasteiger charge is -2.45. The van der Waals surface area contributed by atoms with Gasteiger partial charge >= 0.3 is 6.09 Å². The van der Waals surface area contributed by atoms with E-state index in [0.717, 1.165) is 11.1 Å². The van der Waals surface area contributed by atoms with Crippen LogP contribution in [0.15, 0.2) is 53.6 Å². The zero-order valence-electron chi connectivity index (χ0n) is 21.1. The number of rotatable bonds is 5. The second-order valence-corrected chi connectivity index (χ2v) is 10.4. The van der Waals surface area contributed by atoms with Crippen LogP contribution in [0, 0.1) is 23.7 Å². The molecule has 11 heteroatoms. The van der Waals surface area contributed by atoms with Crippen molar-refractivity contribution in [3.63, 3.8) is 0 Å². The van der Waals surface area contributed by atoms with Gasteiger partial charge in [0, 0.05) is 24.0 Å². The normalized spacial score (nSPS) is 30.2. The van der Waals surface area contributed by atoms with E-state index in [0.29, 0.717) is 30.1 Å². The van der Waals surface area contributed by atoms with Gasteiger partial charge < -0.3 is 24.4 Å². The number of imide groups is 1. The Kier molecular flexibility index (Phi) is 6.69. The number of amides is 3. The van der Waals surface area contributed by atoms with Crippen LogP contribution in [0.25, 0.3) is 0 Å². The third kappa shape index (κ3) is 4.72. The molecule has 0 unspecified atom stereocenters. The lowest BCUT2D eigenvalue weighted by Crippen LogP contribution is -2.55. The Hall–Kier alpha value is -3.96. The molecule has 0 bridgehead atoms. The van der Waals surface area contributed by atoms with Gasteiger partial charge in [-0.1, -0.05) is 36.4 Å². The van der Waals surface area contributed by atoms with E-state index in [-0.39, 0.29) is 44.1 Å². The van der Waals surface area contributed by atoms with Crippen LogP contribution in [0.2, 0.25) is 0 Å². The Labute approximate surface area is 224 Å². The summed E-state index contributed by atoms with van der Waals surface area (Å²) in [5, 5.41) is 25.9. The lowest BCUT2D eigenvalue weighted by molar-refractivity contribution is -0.142. The van der Waals surface area contributed by atoms with Crippen LogP contribution in [-0.4, -0.2) is 57.7 Å². The number of hydrogen-bond acceptors (Lipinski definition) is 9. The van der Waals surface area contributed by atoms with E-state index in [1.807, 2.05) is 30.3 Å². The summed E-state index contributed by atoms with van der Waals surface area (Å²) in [6.07, 6.45) is -2.16. The van der Waals surface area contributed by atoms with Crippen molar-refractivity contribution in [3.8, 4) is 11.5 Å². The van der Waals surface area contributed by atoms with Gasteiger partial charge in [-0.25, -0.2) is 10.2 Å². The highest BCUT2D eigenvalue weighted by Crippen LogP contribution is 2.50. The first-order chi connectivity index (χ1) is 18.9. The molecule has 204 valence electrons. The van der Waals surface area contributed by atoms with Crippen LogP contribution in [0.3, 0.4) is 0 Å². The molecule has 3 fully saturated rings. The minimum Gasteiger partial charge on any atom is -0.454 e. The van der Waals surface area contributed by atoms with Crippen molar-refractivity contribution in [1.82, 2.24) is 10.3 Å². The first-order valence-electron chi connectivity index (χ1n) is 13.0. The lowest BCUT2D eigenvalue weighted by atomic mass is 9.60. The molecule has 0 radical (unpaired) electrons. The van der Waals surface area contributed by atoms with Crippen molar-refractivity contribution in [2.45, 2.75) is 44.6 Å². The Morgan fingerprint density at radius 1 is 1.00 bits per heavy atom. The molecule has 2 aromatic carbocycles. The SMILES string of the molecule is O=C(NN=C1C[C@@H](O)[C@@H](O)[C@@H]2[C@@H]3C(=O)N(Cc4ccc5c(c4)OCO5)C(=O)[C@@H]3CC[C@H]12)OCc1ccccc1. The van der Waals surface area contributed by atoms with Crippen molar-refractivity contribution in [1.29, 1.82) is 0 Å². The maximum absolute atomic E-state index is 13.6. The summed E-state index contributed by atoms with van der Waals surface area (Å²) in [6.45, 7) is 0.273. The second-order valence-electron chi connectivity index (χ2n) is 10.4. The molecule has 2 aliphatic heterocycles. The number of benzene rings is 2. The molecule has 2 saturated carbocycles. The minimum absolute atomic E-state index is 0.0434. The number of hydrogen-bond donors (Lipinski definition) is 3. The average molecular weight is 536 g/mol.